The number of hydrogen-bond donors (Lipinski definition) is 1. The van der Waals surface area contributed by atoms with Gasteiger partial charge in [-0.3, -0.25) is 0 Å². The standard InChI is InChI=1S/C12H14F2S2/c13-9-2-3-10(14)11(6-9)16-8-12(7-15)4-1-5-12/h2-3,6,15H,1,4-5,7-8H2. The summed E-state index contributed by atoms with van der Waals surface area (Å²) < 4.78 is 26.3. The zero-order chi connectivity index (χ0) is 11.6. The smallest absolute Gasteiger partial charge is 0.136 e. The Morgan fingerprint density at radius 1 is 1.31 bits per heavy atom. The van der Waals surface area contributed by atoms with Gasteiger partial charge in [-0.2, -0.15) is 12.6 Å². The number of thioether (sulfide) groups is 1. The summed E-state index contributed by atoms with van der Waals surface area (Å²) in [6.45, 7) is 0. The molecule has 1 saturated carbocycles. The van der Waals surface area contributed by atoms with Crippen molar-refractivity contribution < 1.29 is 8.78 Å². The van der Waals surface area contributed by atoms with E-state index in [-0.39, 0.29) is 17.0 Å². The minimum Gasteiger partial charge on any atom is -0.207 e. The molecule has 1 aromatic carbocycles. The van der Waals surface area contributed by atoms with E-state index in [4.69, 9.17) is 0 Å². The second-order valence-electron chi connectivity index (χ2n) is 4.38. The fourth-order valence-corrected chi connectivity index (χ4v) is 3.68. The van der Waals surface area contributed by atoms with Crippen molar-refractivity contribution in [2.24, 2.45) is 5.41 Å². The Bertz CT molecular complexity index is 370. The fraction of sp³-hybridized carbons (Fsp3) is 0.500. The lowest BCUT2D eigenvalue weighted by Crippen LogP contribution is -2.33. The first kappa shape index (κ1) is 12.2. The van der Waals surface area contributed by atoms with Crippen LogP contribution in [0.2, 0.25) is 0 Å². The van der Waals surface area contributed by atoms with Crippen LogP contribution in [-0.4, -0.2) is 11.5 Å². The van der Waals surface area contributed by atoms with Crippen molar-refractivity contribution in [3.8, 4) is 0 Å². The first-order valence-corrected chi connectivity index (χ1v) is 6.96. The Kier molecular flexibility index (Phi) is 3.80. The molecular weight excluding hydrogens is 246 g/mol. The van der Waals surface area contributed by atoms with Crippen LogP contribution >= 0.6 is 24.4 Å². The van der Waals surface area contributed by atoms with Crippen LogP contribution < -0.4 is 0 Å². The Balaban J connectivity index is 2.01. The van der Waals surface area contributed by atoms with Crippen LogP contribution in [0.15, 0.2) is 23.1 Å². The van der Waals surface area contributed by atoms with Gasteiger partial charge in [0.15, 0.2) is 0 Å². The molecule has 0 aromatic heterocycles. The van der Waals surface area contributed by atoms with E-state index >= 15 is 0 Å². The molecule has 4 heteroatoms. The Morgan fingerprint density at radius 3 is 2.62 bits per heavy atom. The minimum absolute atomic E-state index is 0.243. The van der Waals surface area contributed by atoms with Gasteiger partial charge in [0.25, 0.3) is 0 Å². The zero-order valence-electron chi connectivity index (χ0n) is 8.88. The molecule has 1 aliphatic carbocycles. The number of hydrogen-bond acceptors (Lipinski definition) is 2. The first-order chi connectivity index (χ1) is 7.65. The van der Waals surface area contributed by atoms with Crippen LogP contribution in [0.25, 0.3) is 0 Å². The monoisotopic (exact) mass is 260 g/mol. The molecule has 0 N–H and O–H groups in total. The summed E-state index contributed by atoms with van der Waals surface area (Å²) in [7, 11) is 0. The molecule has 0 unspecified atom stereocenters. The molecule has 0 spiro atoms. The van der Waals surface area contributed by atoms with Gasteiger partial charge in [-0.15, -0.1) is 11.8 Å². The number of thiol groups is 1. The third kappa shape index (κ3) is 2.54. The summed E-state index contributed by atoms with van der Waals surface area (Å²) in [5.74, 6) is 0.950. The highest BCUT2D eigenvalue weighted by Gasteiger charge is 2.35. The topological polar surface area (TPSA) is 0 Å². The zero-order valence-corrected chi connectivity index (χ0v) is 10.6. The molecule has 0 aliphatic heterocycles. The summed E-state index contributed by atoms with van der Waals surface area (Å²) in [4.78, 5) is 0.410. The van der Waals surface area contributed by atoms with Crippen molar-refractivity contribution in [2.75, 3.05) is 11.5 Å². The molecule has 88 valence electrons. The molecule has 1 fully saturated rings. The van der Waals surface area contributed by atoms with E-state index in [1.54, 1.807) is 0 Å². The number of benzene rings is 1. The van der Waals surface area contributed by atoms with Crippen molar-refractivity contribution in [3.63, 3.8) is 0 Å². The first-order valence-electron chi connectivity index (χ1n) is 5.34. The molecule has 0 nitrogen and oxygen atoms in total. The summed E-state index contributed by atoms with van der Waals surface area (Å²) in [5, 5.41) is 0. The van der Waals surface area contributed by atoms with E-state index in [0.29, 0.717) is 4.90 Å². The van der Waals surface area contributed by atoms with Gasteiger partial charge >= 0.3 is 0 Å². The van der Waals surface area contributed by atoms with Gasteiger partial charge in [-0.1, -0.05) is 6.42 Å². The Morgan fingerprint density at radius 2 is 2.06 bits per heavy atom. The Hall–Kier alpha value is -0.220. The molecule has 0 radical (unpaired) electrons. The molecule has 16 heavy (non-hydrogen) atoms. The van der Waals surface area contributed by atoms with Gasteiger partial charge in [0, 0.05) is 10.6 Å². The van der Waals surface area contributed by atoms with Crippen LogP contribution in [0.1, 0.15) is 19.3 Å². The van der Waals surface area contributed by atoms with Gasteiger partial charge < -0.3 is 0 Å². The number of rotatable bonds is 4. The predicted molar refractivity (Wildman–Crippen MR) is 67.2 cm³/mol. The highest BCUT2D eigenvalue weighted by molar-refractivity contribution is 7.99. The quantitative estimate of drug-likeness (QED) is 0.626. The maximum atomic E-state index is 13.4. The highest BCUT2D eigenvalue weighted by atomic mass is 32.2. The van der Waals surface area contributed by atoms with Crippen molar-refractivity contribution in [3.05, 3.63) is 29.8 Å². The summed E-state index contributed by atoms with van der Waals surface area (Å²) in [6.07, 6.45) is 3.54. The summed E-state index contributed by atoms with van der Waals surface area (Å²) >= 11 is 5.75. The maximum Gasteiger partial charge on any atom is 0.136 e. The lowest BCUT2D eigenvalue weighted by molar-refractivity contribution is 0.205. The second kappa shape index (κ2) is 4.96. The summed E-state index contributed by atoms with van der Waals surface area (Å²) in [6, 6.07) is 3.60. The highest BCUT2D eigenvalue weighted by Crippen LogP contribution is 2.45. The van der Waals surface area contributed by atoms with E-state index in [9.17, 15) is 8.78 Å². The largest absolute Gasteiger partial charge is 0.207 e. The summed E-state index contributed by atoms with van der Waals surface area (Å²) in [5.41, 5.74) is 0.243. The van der Waals surface area contributed by atoms with Crippen molar-refractivity contribution >= 4 is 24.4 Å². The van der Waals surface area contributed by atoms with E-state index in [0.717, 1.165) is 30.4 Å². The Labute approximate surface area is 104 Å². The molecule has 0 amide bonds. The molecule has 1 aromatic rings. The van der Waals surface area contributed by atoms with Crippen molar-refractivity contribution in [2.45, 2.75) is 24.2 Å². The average Bonchev–Trinajstić information content (AvgIpc) is 2.22. The van der Waals surface area contributed by atoms with Crippen LogP contribution in [0.5, 0.6) is 0 Å². The molecule has 1 aliphatic rings. The third-order valence-electron chi connectivity index (χ3n) is 3.18. The lowest BCUT2D eigenvalue weighted by atomic mass is 9.72. The third-order valence-corrected chi connectivity index (χ3v) is 5.23. The molecular formula is C12H14F2S2. The predicted octanol–water partition coefficient (Wildman–Crippen LogP) is 4.16. The molecule has 2 rings (SSSR count). The molecule has 0 heterocycles. The van der Waals surface area contributed by atoms with Gasteiger partial charge in [0.05, 0.1) is 0 Å². The van der Waals surface area contributed by atoms with Crippen LogP contribution in [0.3, 0.4) is 0 Å². The van der Waals surface area contributed by atoms with E-state index in [2.05, 4.69) is 12.6 Å². The number of halogens is 2. The van der Waals surface area contributed by atoms with Crippen molar-refractivity contribution in [1.82, 2.24) is 0 Å². The van der Waals surface area contributed by atoms with Gasteiger partial charge in [-0.05, 0) is 42.2 Å². The molecule has 0 bridgehead atoms. The van der Waals surface area contributed by atoms with Gasteiger partial charge in [0.1, 0.15) is 11.6 Å². The van der Waals surface area contributed by atoms with E-state index in [1.165, 1.54) is 30.3 Å². The van der Waals surface area contributed by atoms with Crippen LogP contribution in [-0.2, 0) is 0 Å². The fourth-order valence-electron chi connectivity index (χ4n) is 1.84. The van der Waals surface area contributed by atoms with E-state index in [1.807, 2.05) is 0 Å². The second-order valence-corrected chi connectivity index (χ2v) is 5.71. The molecule has 0 atom stereocenters. The van der Waals surface area contributed by atoms with Crippen molar-refractivity contribution in [1.29, 1.82) is 0 Å². The van der Waals surface area contributed by atoms with Gasteiger partial charge in [-0.25, -0.2) is 8.78 Å². The van der Waals surface area contributed by atoms with Gasteiger partial charge in [0.2, 0.25) is 0 Å². The maximum absolute atomic E-state index is 13.4. The normalized spacial score (nSPS) is 18.2. The SMILES string of the molecule is Fc1ccc(F)c(SCC2(CS)CCC2)c1. The lowest BCUT2D eigenvalue weighted by Gasteiger charge is -2.40. The van der Waals surface area contributed by atoms with E-state index < -0.39 is 0 Å². The van der Waals surface area contributed by atoms with Crippen LogP contribution in [0, 0.1) is 17.0 Å². The average molecular weight is 260 g/mol. The van der Waals surface area contributed by atoms with Crippen LogP contribution in [0.4, 0.5) is 8.78 Å². The molecule has 0 saturated heterocycles. The minimum atomic E-state index is -0.377.